The minimum atomic E-state index is -0.309. The highest BCUT2D eigenvalue weighted by Crippen LogP contribution is 2.27. The van der Waals surface area contributed by atoms with E-state index in [4.69, 9.17) is 14.2 Å². The Bertz CT molecular complexity index is 605. The van der Waals surface area contributed by atoms with E-state index >= 15 is 0 Å². The molecule has 25 heavy (non-hydrogen) atoms. The van der Waals surface area contributed by atoms with Crippen molar-refractivity contribution in [1.82, 2.24) is 9.80 Å². The molecular weight excluding hydrogens is 324 g/mol. The van der Waals surface area contributed by atoms with Crippen LogP contribution in [-0.4, -0.2) is 68.8 Å². The molecule has 1 aromatic carbocycles. The third-order valence-electron chi connectivity index (χ3n) is 4.18. The molecule has 0 atom stereocenters. The van der Waals surface area contributed by atoms with Gasteiger partial charge in [0.2, 0.25) is 5.91 Å². The lowest BCUT2D eigenvalue weighted by Crippen LogP contribution is -2.38. The van der Waals surface area contributed by atoms with E-state index in [0.29, 0.717) is 50.7 Å². The molecule has 1 aliphatic heterocycles. The lowest BCUT2D eigenvalue weighted by Gasteiger charge is -2.22. The minimum Gasteiger partial charge on any atom is -0.493 e. The molecule has 0 bridgehead atoms. The number of hydrogen-bond donors (Lipinski definition) is 0. The molecule has 2 amide bonds. The fourth-order valence-electron chi connectivity index (χ4n) is 2.84. The van der Waals surface area contributed by atoms with Crippen LogP contribution in [0.3, 0.4) is 0 Å². The van der Waals surface area contributed by atoms with Crippen molar-refractivity contribution in [3.8, 4) is 11.5 Å². The molecule has 7 nitrogen and oxygen atoms in total. The van der Waals surface area contributed by atoms with Gasteiger partial charge in [-0.2, -0.15) is 0 Å². The molecule has 2 rings (SSSR count). The number of carbonyl (C=O) groups excluding carboxylic acids is 2. The number of amides is 2. The predicted molar refractivity (Wildman–Crippen MR) is 93.0 cm³/mol. The van der Waals surface area contributed by atoms with Crippen molar-refractivity contribution in [1.29, 1.82) is 0 Å². The zero-order chi connectivity index (χ0) is 18.2. The van der Waals surface area contributed by atoms with Crippen LogP contribution in [0.2, 0.25) is 0 Å². The van der Waals surface area contributed by atoms with Crippen molar-refractivity contribution >= 4 is 12.0 Å². The smallest absolute Gasteiger partial charge is 0.409 e. The first-order valence-corrected chi connectivity index (χ1v) is 8.49. The van der Waals surface area contributed by atoms with E-state index in [-0.39, 0.29) is 12.0 Å². The number of hydrogen-bond acceptors (Lipinski definition) is 5. The first-order valence-electron chi connectivity index (χ1n) is 8.49. The molecule has 1 heterocycles. The largest absolute Gasteiger partial charge is 0.493 e. The van der Waals surface area contributed by atoms with Gasteiger partial charge in [-0.3, -0.25) is 4.79 Å². The predicted octanol–water partition coefficient (Wildman–Crippen LogP) is 1.94. The third kappa shape index (κ3) is 5.01. The molecule has 138 valence electrons. The van der Waals surface area contributed by atoms with E-state index in [1.807, 2.05) is 12.1 Å². The van der Waals surface area contributed by atoms with Crippen LogP contribution in [0.5, 0.6) is 11.5 Å². The van der Waals surface area contributed by atoms with Crippen LogP contribution in [0, 0.1) is 0 Å². The standard InChI is InChI=1S/C18H26N2O5/c1-4-25-18(22)20-9-5-8-19(10-11-20)17(21)13-14-6-7-15(23-2)16(12-14)24-3/h6-7,12H,4-5,8-11,13H2,1-3H3. The maximum absolute atomic E-state index is 12.6. The van der Waals surface area contributed by atoms with Gasteiger partial charge >= 0.3 is 6.09 Å². The molecule has 0 aliphatic carbocycles. The van der Waals surface area contributed by atoms with Crippen molar-refractivity contribution < 1.29 is 23.8 Å². The zero-order valence-electron chi connectivity index (χ0n) is 15.1. The van der Waals surface area contributed by atoms with E-state index in [1.165, 1.54) is 0 Å². The van der Waals surface area contributed by atoms with E-state index < -0.39 is 0 Å². The van der Waals surface area contributed by atoms with Crippen molar-refractivity contribution in [2.45, 2.75) is 19.8 Å². The van der Waals surface area contributed by atoms with E-state index in [0.717, 1.165) is 12.0 Å². The van der Waals surface area contributed by atoms with Gasteiger partial charge in [-0.05, 0) is 31.0 Å². The fraction of sp³-hybridized carbons (Fsp3) is 0.556. The Kier molecular flexibility index (Phi) is 6.91. The number of rotatable bonds is 5. The molecule has 7 heteroatoms. The molecule has 1 saturated heterocycles. The molecule has 0 saturated carbocycles. The highest BCUT2D eigenvalue weighted by Gasteiger charge is 2.23. The second kappa shape index (κ2) is 9.15. The zero-order valence-corrected chi connectivity index (χ0v) is 15.1. The topological polar surface area (TPSA) is 68.3 Å². The molecule has 0 aromatic heterocycles. The maximum Gasteiger partial charge on any atom is 0.409 e. The summed E-state index contributed by atoms with van der Waals surface area (Å²) in [6.07, 6.45) is 0.729. The van der Waals surface area contributed by atoms with Crippen LogP contribution < -0.4 is 9.47 Å². The highest BCUT2D eigenvalue weighted by atomic mass is 16.6. The second-order valence-electron chi connectivity index (χ2n) is 5.79. The summed E-state index contributed by atoms with van der Waals surface area (Å²) < 4.78 is 15.5. The van der Waals surface area contributed by atoms with E-state index in [9.17, 15) is 9.59 Å². The van der Waals surface area contributed by atoms with Crippen LogP contribution in [-0.2, 0) is 16.0 Å². The highest BCUT2D eigenvalue weighted by molar-refractivity contribution is 5.79. The Morgan fingerprint density at radius 1 is 1.00 bits per heavy atom. The number of carbonyl (C=O) groups is 2. The van der Waals surface area contributed by atoms with Gasteiger partial charge in [0, 0.05) is 26.2 Å². The summed E-state index contributed by atoms with van der Waals surface area (Å²) >= 11 is 0. The normalized spacial score (nSPS) is 14.7. The van der Waals surface area contributed by atoms with Crippen molar-refractivity contribution in [3.05, 3.63) is 23.8 Å². The average molecular weight is 350 g/mol. The van der Waals surface area contributed by atoms with Gasteiger partial charge in [-0.1, -0.05) is 6.07 Å². The summed E-state index contributed by atoms with van der Waals surface area (Å²) in [5.74, 6) is 1.29. The molecule has 0 spiro atoms. The summed E-state index contributed by atoms with van der Waals surface area (Å²) in [4.78, 5) is 27.9. The summed E-state index contributed by atoms with van der Waals surface area (Å²) in [6.45, 7) is 4.41. The number of methoxy groups -OCH3 is 2. The Balaban J connectivity index is 1.96. The van der Waals surface area contributed by atoms with Gasteiger partial charge in [0.05, 0.1) is 27.2 Å². The first kappa shape index (κ1) is 18.9. The van der Waals surface area contributed by atoms with Crippen molar-refractivity contribution in [3.63, 3.8) is 0 Å². The van der Waals surface area contributed by atoms with Crippen LogP contribution in [0.25, 0.3) is 0 Å². The number of nitrogens with zero attached hydrogens (tertiary/aromatic N) is 2. The Hall–Kier alpha value is -2.44. The lowest BCUT2D eigenvalue weighted by atomic mass is 10.1. The van der Waals surface area contributed by atoms with Crippen LogP contribution in [0.1, 0.15) is 18.9 Å². The quantitative estimate of drug-likeness (QED) is 0.812. The van der Waals surface area contributed by atoms with Gasteiger partial charge in [0.25, 0.3) is 0 Å². The summed E-state index contributed by atoms with van der Waals surface area (Å²) in [7, 11) is 3.15. The first-order chi connectivity index (χ1) is 12.1. The average Bonchev–Trinajstić information content (AvgIpc) is 2.88. The van der Waals surface area contributed by atoms with Crippen molar-refractivity contribution in [2.75, 3.05) is 47.0 Å². The van der Waals surface area contributed by atoms with Gasteiger partial charge in [0.15, 0.2) is 11.5 Å². The van der Waals surface area contributed by atoms with Gasteiger partial charge in [-0.15, -0.1) is 0 Å². The molecule has 0 N–H and O–H groups in total. The molecule has 0 unspecified atom stereocenters. The third-order valence-corrected chi connectivity index (χ3v) is 4.18. The summed E-state index contributed by atoms with van der Waals surface area (Å²) in [5, 5.41) is 0. The van der Waals surface area contributed by atoms with Crippen molar-refractivity contribution in [2.24, 2.45) is 0 Å². The van der Waals surface area contributed by atoms with Crippen LogP contribution in [0.15, 0.2) is 18.2 Å². The fourth-order valence-corrected chi connectivity index (χ4v) is 2.84. The van der Waals surface area contributed by atoms with Gasteiger partial charge in [0.1, 0.15) is 0 Å². The number of benzene rings is 1. The Morgan fingerprint density at radius 2 is 1.68 bits per heavy atom. The summed E-state index contributed by atoms with van der Waals surface area (Å²) in [6, 6.07) is 5.48. The van der Waals surface area contributed by atoms with Crippen LogP contribution in [0.4, 0.5) is 4.79 Å². The SMILES string of the molecule is CCOC(=O)N1CCCN(C(=O)Cc2ccc(OC)c(OC)c2)CC1. The van der Waals surface area contributed by atoms with Gasteiger partial charge in [-0.25, -0.2) is 4.79 Å². The second-order valence-corrected chi connectivity index (χ2v) is 5.79. The minimum absolute atomic E-state index is 0.0397. The molecule has 1 aliphatic rings. The Labute approximate surface area is 148 Å². The van der Waals surface area contributed by atoms with Gasteiger partial charge < -0.3 is 24.0 Å². The summed E-state index contributed by atoms with van der Waals surface area (Å²) in [5.41, 5.74) is 0.870. The molecule has 0 radical (unpaired) electrons. The maximum atomic E-state index is 12.6. The van der Waals surface area contributed by atoms with Crippen LogP contribution >= 0.6 is 0 Å². The molecule has 1 aromatic rings. The Morgan fingerprint density at radius 3 is 2.36 bits per heavy atom. The number of ether oxygens (including phenoxy) is 3. The van der Waals surface area contributed by atoms with E-state index in [2.05, 4.69) is 0 Å². The lowest BCUT2D eigenvalue weighted by molar-refractivity contribution is -0.130. The monoisotopic (exact) mass is 350 g/mol. The van der Waals surface area contributed by atoms with E-state index in [1.54, 1.807) is 37.0 Å². The molecular formula is C18H26N2O5. The molecule has 1 fully saturated rings.